The third-order valence-corrected chi connectivity index (χ3v) is 9.43. The molecule has 2 aliphatic carbocycles. The molecule has 0 unspecified atom stereocenters. The van der Waals surface area contributed by atoms with Gasteiger partial charge in [-0.25, -0.2) is 0 Å². The highest BCUT2D eigenvalue weighted by molar-refractivity contribution is 8.00. The summed E-state index contributed by atoms with van der Waals surface area (Å²) in [6.45, 7) is 6.77. The minimum Gasteiger partial charge on any atom is -0.508 e. The zero-order valence-corrected chi connectivity index (χ0v) is 23.5. The van der Waals surface area contributed by atoms with Gasteiger partial charge in [-0.05, 0) is 67.0 Å². The number of ether oxygens (including phenoxy) is 2. The highest BCUT2D eigenvalue weighted by Crippen LogP contribution is 2.62. The van der Waals surface area contributed by atoms with Gasteiger partial charge in [-0.3, -0.25) is 0 Å². The predicted molar refractivity (Wildman–Crippen MR) is 152 cm³/mol. The molecule has 0 amide bonds. The van der Waals surface area contributed by atoms with Crippen molar-refractivity contribution in [2.75, 3.05) is 32.7 Å². The van der Waals surface area contributed by atoms with Gasteiger partial charge in [0, 0.05) is 31.1 Å². The number of rotatable bonds is 14. The zero-order valence-electron chi connectivity index (χ0n) is 22.7. The molecule has 4 rings (SSSR count). The normalized spacial score (nSPS) is 30.7. The van der Waals surface area contributed by atoms with Crippen molar-refractivity contribution in [3.05, 3.63) is 48.1 Å². The molecule has 7 nitrogen and oxygen atoms in total. The number of aromatic hydroxyl groups is 1. The van der Waals surface area contributed by atoms with Gasteiger partial charge in [0.25, 0.3) is 0 Å². The first-order chi connectivity index (χ1) is 18.5. The first-order valence-electron chi connectivity index (χ1n) is 14.0. The molecular formula is C30H43NO6S. The van der Waals surface area contributed by atoms with Crippen molar-refractivity contribution < 1.29 is 29.6 Å². The quantitative estimate of drug-likeness (QED) is 0.163. The molecule has 0 radical (unpaired) electrons. The summed E-state index contributed by atoms with van der Waals surface area (Å²) in [5.74, 6) is 1.33. The number of phenolic OH excluding ortho intramolecular Hbond substituents is 1. The number of oxime groups is 1. The van der Waals surface area contributed by atoms with Gasteiger partial charge in [-0.2, -0.15) is 11.8 Å². The lowest BCUT2D eigenvalue weighted by molar-refractivity contribution is -0.223. The standard InChI is InChI=1S/C30H43NO6S/c1-4-16-36-30-27(38-5-2)19-25(31-35-3)23-17-20(10-6-8-14-32)22(11-7-9-15-33)28(29(23)30)24-18-21(34)12-13-26(24)37-30/h4,12-13,17-18,20,22,27-29,32-34H,1,5-11,14-16,19H2,2-3H3/t20-,22+,27-,28+,29+,30+/m0/s1. The summed E-state index contributed by atoms with van der Waals surface area (Å²) in [5, 5.41) is 34.1. The van der Waals surface area contributed by atoms with Gasteiger partial charge in [-0.15, -0.1) is 6.58 Å². The summed E-state index contributed by atoms with van der Waals surface area (Å²) in [7, 11) is 1.59. The van der Waals surface area contributed by atoms with Crippen LogP contribution in [0.5, 0.6) is 11.5 Å². The summed E-state index contributed by atoms with van der Waals surface area (Å²) < 4.78 is 13.6. The number of fused-ring (bicyclic) bond motifs is 2. The van der Waals surface area contributed by atoms with E-state index in [9.17, 15) is 15.3 Å². The summed E-state index contributed by atoms with van der Waals surface area (Å²) >= 11 is 1.82. The number of allylic oxidation sites excluding steroid dienone is 1. The van der Waals surface area contributed by atoms with E-state index in [4.69, 9.17) is 14.3 Å². The Bertz CT molecular complexity index is 1010. The summed E-state index contributed by atoms with van der Waals surface area (Å²) in [4.78, 5) is 5.36. The summed E-state index contributed by atoms with van der Waals surface area (Å²) in [6.07, 6.45) is 10.0. The molecule has 6 atom stereocenters. The lowest BCUT2D eigenvalue weighted by Crippen LogP contribution is -2.64. The van der Waals surface area contributed by atoms with Crippen molar-refractivity contribution in [3.8, 4) is 11.5 Å². The van der Waals surface area contributed by atoms with Crippen LogP contribution < -0.4 is 4.74 Å². The lowest BCUT2D eigenvalue weighted by atomic mass is 9.56. The second kappa shape index (κ2) is 13.4. The van der Waals surface area contributed by atoms with Crippen molar-refractivity contribution in [1.29, 1.82) is 0 Å². The molecule has 8 heteroatoms. The van der Waals surface area contributed by atoms with Gasteiger partial charge in [0.05, 0.1) is 23.5 Å². The number of aliphatic hydroxyl groups excluding tert-OH is 2. The summed E-state index contributed by atoms with van der Waals surface area (Å²) in [6, 6.07) is 5.41. The topological polar surface area (TPSA) is 101 Å². The molecule has 0 aromatic heterocycles. The molecule has 0 spiro atoms. The second-order valence-corrected chi connectivity index (χ2v) is 11.9. The van der Waals surface area contributed by atoms with E-state index >= 15 is 0 Å². The van der Waals surface area contributed by atoms with Crippen molar-refractivity contribution >= 4 is 17.5 Å². The van der Waals surface area contributed by atoms with Crippen molar-refractivity contribution in [2.45, 2.75) is 68.8 Å². The zero-order chi connectivity index (χ0) is 27.1. The molecule has 3 aliphatic rings. The van der Waals surface area contributed by atoms with Crippen LogP contribution in [0.2, 0.25) is 0 Å². The highest BCUT2D eigenvalue weighted by atomic mass is 32.2. The third kappa shape index (κ3) is 5.64. The molecule has 1 heterocycles. The maximum absolute atomic E-state index is 10.6. The fourth-order valence-electron chi connectivity index (χ4n) is 6.80. The molecule has 0 saturated heterocycles. The molecule has 38 heavy (non-hydrogen) atoms. The molecule has 1 fully saturated rings. The molecule has 1 saturated carbocycles. The van der Waals surface area contributed by atoms with Gasteiger partial charge in [-0.1, -0.05) is 37.1 Å². The van der Waals surface area contributed by atoms with Gasteiger partial charge < -0.3 is 29.6 Å². The Hall–Kier alpha value is -2.00. The Morgan fingerprint density at radius 2 is 1.95 bits per heavy atom. The van der Waals surface area contributed by atoms with Crippen LogP contribution in [0.4, 0.5) is 0 Å². The first-order valence-corrected chi connectivity index (χ1v) is 15.0. The van der Waals surface area contributed by atoms with E-state index < -0.39 is 5.79 Å². The molecule has 0 bridgehead atoms. The minimum atomic E-state index is -0.923. The first kappa shape index (κ1) is 29.0. The van der Waals surface area contributed by atoms with Crippen LogP contribution in [0, 0.1) is 17.8 Å². The van der Waals surface area contributed by atoms with Crippen LogP contribution in [-0.2, 0) is 9.57 Å². The smallest absolute Gasteiger partial charge is 0.230 e. The van der Waals surface area contributed by atoms with E-state index in [-0.39, 0.29) is 47.9 Å². The van der Waals surface area contributed by atoms with Crippen molar-refractivity contribution in [2.24, 2.45) is 22.9 Å². The van der Waals surface area contributed by atoms with Crippen LogP contribution in [0.3, 0.4) is 0 Å². The fraction of sp³-hybridized carbons (Fsp3) is 0.633. The Morgan fingerprint density at radius 3 is 2.63 bits per heavy atom. The van der Waals surface area contributed by atoms with Crippen LogP contribution in [0.15, 0.2) is 47.7 Å². The van der Waals surface area contributed by atoms with Crippen LogP contribution in [0.1, 0.15) is 63.4 Å². The molecular weight excluding hydrogens is 502 g/mol. The number of aliphatic hydroxyl groups is 2. The molecule has 210 valence electrons. The molecule has 1 aliphatic heterocycles. The number of nitrogens with zero attached hydrogens (tertiary/aromatic N) is 1. The minimum absolute atomic E-state index is 0.0167. The third-order valence-electron chi connectivity index (χ3n) is 8.20. The summed E-state index contributed by atoms with van der Waals surface area (Å²) in [5.41, 5.74) is 3.04. The number of hydrogen-bond acceptors (Lipinski definition) is 8. The SMILES string of the molecule is C=CCO[C@@]12Oc3ccc(O)cc3[C@H]3[C@H](CCCCO)[C@@H](CCCCO)C=C(C(=NOC)C[C@@H]1SCC)[C@H]32. The Labute approximate surface area is 230 Å². The van der Waals surface area contributed by atoms with E-state index in [1.54, 1.807) is 19.3 Å². The van der Waals surface area contributed by atoms with Crippen LogP contribution in [0.25, 0.3) is 0 Å². The lowest BCUT2D eigenvalue weighted by Gasteiger charge is -2.58. The van der Waals surface area contributed by atoms with Gasteiger partial charge in [0.1, 0.15) is 18.6 Å². The number of unbranched alkanes of at least 4 members (excludes halogenated alkanes) is 2. The average molecular weight is 546 g/mol. The van der Waals surface area contributed by atoms with Gasteiger partial charge in [0.15, 0.2) is 0 Å². The van der Waals surface area contributed by atoms with Gasteiger partial charge >= 0.3 is 0 Å². The number of benzene rings is 1. The van der Waals surface area contributed by atoms with Crippen LogP contribution >= 0.6 is 11.8 Å². The van der Waals surface area contributed by atoms with Gasteiger partial charge in [0.2, 0.25) is 5.79 Å². The Kier molecular flexibility index (Phi) is 10.2. The molecule has 3 N–H and O–H groups in total. The van der Waals surface area contributed by atoms with E-state index in [1.165, 1.54) is 0 Å². The van der Waals surface area contributed by atoms with E-state index in [1.807, 2.05) is 23.9 Å². The molecule has 1 aromatic carbocycles. The maximum Gasteiger partial charge on any atom is 0.230 e. The second-order valence-electron chi connectivity index (χ2n) is 10.4. The van der Waals surface area contributed by atoms with Crippen molar-refractivity contribution in [1.82, 2.24) is 0 Å². The Morgan fingerprint density at radius 1 is 1.18 bits per heavy atom. The van der Waals surface area contributed by atoms with Crippen LogP contribution in [-0.4, -0.2) is 64.8 Å². The number of hydrogen-bond donors (Lipinski definition) is 3. The maximum atomic E-state index is 10.6. The largest absolute Gasteiger partial charge is 0.508 e. The highest BCUT2D eigenvalue weighted by Gasteiger charge is 2.63. The van der Waals surface area contributed by atoms with Crippen molar-refractivity contribution in [3.63, 3.8) is 0 Å². The number of phenols is 1. The van der Waals surface area contributed by atoms with E-state index in [2.05, 4.69) is 24.7 Å². The fourth-order valence-corrected chi connectivity index (χ4v) is 7.97. The predicted octanol–water partition coefficient (Wildman–Crippen LogP) is 5.41. The Balaban J connectivity index is 1.94. The monoisotopic (exact) mass is 545 g/mol. The average Bonchev–Trinajstić information content (AvgIpc) is 2.91. The van der Waals surface area contributed by atoms with E-state index in [0.29, 0.717) is 13.0 Å². The molecule has 1 aromatic rings. The van der Waals surface area contributed by atoms with E-state index in [0.717, 1.165) is 66.9 Å². The number of thioether (sulfide) groups is 1.